The molecular formula is C21H24ClN5O2. The predicted octanol–water partition coefficient (Wildman–Crippen LogP) is 3.35. The van der Waals surface area contributed by atoms with Crippen LogP contribution in [0.1, 0.15) is 34.9 Å². The molecule has 2 aromatic heterocycles. The van der Waals surface area contributed by atoms with Gasteiger partial charge in [0.2, 0.25) is 5.88 Å². The maximum Gasteiger partial charge on any atom is 0.272 e. The van der Waals surface area contributed by atoms with E-state index < -0.39 is 0 Å². The summed E-state index contributed by atoms with van der Waals surface area (Å²) in [6, 6.07) is 15.3. The molecule has 0 spiro atoms. The number of halogens is 1. The van der Waals surface area contributed by atoms with E-state index in [0.717, 1.165) is 37.2 Å². The largest absolute Gasteiger partial charge is 0.439 e. The summed E-state index contributed by atoms with van der Waals surface area (Å²) in [6.07, 6.45) is 5.79. The number of rotatable bonds is 6. The van der Waals surface area contributed by atoms with Crippen LogP contribution in [0.5, 0.6) is 11.6 Å². The molecule has 3 heterocycles. The lowest BCUT2D eigenvalue weighted by Crippen LogP contribution is -2.32. The van der Waals surface area contributed by atoms with E-state index in [-0.39, 0.29) is 18.3 Å². The smallest absolute Gasteiger partial charge is 0.272 e. The molecule has 3 aromatic rings. The number of ether oxygens (including phenoxy) is 1. The Hall–Kier alpha value is -2.90. The Morgan fingerprint density at radius 2 is 2.07 bits per heavy atom. The average Bonchev–Trinajstić information content (AvgIpc) is 3.25. The number of pyridine rings is 1. The zero-order valence-electron chi connectivity index (χ0n) is 16.0. The van der Waals surface area contributed by atoms with Crippen molar-refractivity contribution in [1.82, 2.24) is 25.4 Å². The average molecular weight is 414 g/mol. The van der Waals surface area contributed by atoms with Gasteiger partial charge in [-0.15, -0.1) is 12.4 Å². The molecule has 0 saturated carbocycles. The first-order valence-electron chi connectivity index (χ1n) is 9.50. The van der Waals surface area contributed by atoms with Crippen LogP contribution in [0.25, 0.3) is 0 Å². The highest BCUT2D eigenvalue weighted by atomic mass is 35.5. The van der Waals surface area contributed by atoms with Crippen LogP contribution in [0.15, 0.2) is 60.9 Å². The van der Waals surface area contributed by atoms with E-state index in [2.05, 4.69) is 20.7 Å². The highest BCUT2D eigenvalue weighted by Gasteiger charge is 2.17. The van der Waals surface area contributed by atoms with Crippen molar-refractivity contribution in [1.29, 1.82) is 0 Å². The van der Waals surface area contributed by atoms with E-state index >= 15 is 0 Å². The maximum absolute atomic E-state index is 12.4. The molecule has 1 fully saturated rings. The van der Waals surface area contributed by atoms with E-state index in [9.17, 15) is 4.79 Å². The van der Waals surface area contributed by atoms with Crippen LogP contribution in [-0.4, -0.2) is 33.8 Å². The molecule has 8 heteroatoms. The fourth-order valence-electron chi connectivity index (χ4n) is 3.18. The number of carbonyl (C=O) groups is 1. The molecule has 1 amide bonds. The molecule has 1 aliphatic rings. The van der Waals surface area contributed by atoms with Crippen molar-refractivity contribution in [3.8, 4) is 11.6 Å². The molecule has 1 atom stereocenters. The number of piperidine rings is 1. The molecule has 1 aliphatic heterocycles. The van der Waals surface area contributed by atoms with Crippen molar-refractivity contribution in [2.45, 2.75) is 25.4 Å². The monoisotopic (exact) mass is 413 g/mol. The molecule has 2 N–H and O–H groups in total. The minimum atomic E-state index is -0.188. The third kappa shape index (κ3) is 5.56. The van der Waals surface area contributed by atoms with Gasteiger partial charge in [0.05, 0.1) is 6.04 Å². The molecule has 29 heavy (non-hydrogen) atoms. The van der Waals surface area contributed by atoms with Crippen molar-refractivity contribution in [3.05, 3.63) is 72.2 Å². The predicted molar refractivity (Wildman–Crippen MR) is 113 cm³/mol. The number of para-hydroxylation sites is 1. The molecular weight excluding hydrogens is 390 g/mol. The Balaban J connectivity index is 0.00000240. The number of hydrogen-bond acceptors (Lipinski definition) is 5. The Kier molecular flexibility index (Phi) is 7.21. The van der Waals surface area contributed by atoms with E-state index in [1.54, 1.807) is 18.3 Å². The van der Waals surface area contributed by atoms with Gasteiger partial charge in [-0.3, -0.25) is 9.48 Å². The normalized spacial score (nSPS) is 15.9. The molecule has 0 radical (unpaired) electrons. The van der Waals surface area contributed by atoms with Crippen LogP contribution in [0, 0.1) is 0 Å². The van der Waals surface area contributed by atoms with E-state index in [1.807, 2.05) is 47.3 Å². The minimum Gasteiger partial charge on any atom is -0.439 e. The molecule has 1 unspecified atom stereocenters. The summed E-state index contributed by atoms with van der Waals surface area (Å²) in [6.45, 7) is 2.33. The number of amides is 1. The van der Waals surface area contributed by atoms with Crippen LogP contribution in [0.4, 0.5) is 0 Å². The first kappa shape index (κ1) is 20.8. The van der Waals surface area contributed by atoms with Gasteiger partial charge in [-0.25, -0.2) is 4.98 Å². The fourth-order valence-corrected chi connectivity index (χ4v) is 3.18. The van der Waals surface area contributed by atoms with Gasteiger partial charge in [-0.1, -0.05) is 24.3 Å². The van der Waals surface area contributed by atoms with Crippen LogP contribution in [0.3, 0.4) is 0 Å². The van der Waals surface area contributed by atoms with Gasteiger partial charge in [0, 0.05) is 31.5 Å². The van der Waals surface area contributed by atoms with Crippen LogP contribution in [0.2, 0.25) is 0 Å². The van der Waals surface area contributed by atoms with Crippen molar-refractivity contribution >= 4 is 18.3 Å². The Morgan fingerprint density at radius 3 is 2.79 bits per heavy atom. The van der Waals surface area contributed by atoms with Gasteiger partial charge in [-0.2, -0.15) is 5.10 Å². The number of hydrogen-bond donors (Lipinski definition) is 2. The number of benzene rings is 1. The Morgan fingerprint density at radius 1 is 1.21 bits per heavy atom. The van der Waals surface area contributed by atoms with Gasteiger partial charge in [-0.05, 0) is 43.1 Å². The lowest BCUT2D eigenvalue weighted by Gasteiger charge is -2.22. The fraction of sp³-hybridized carbons (Fsp3) is 0.286. The van der Waals surface area contributed by atoms with Crippen molar-refractivity contribution in [3.63, 3.8) is 0 Å². The molecule has 1 saturated heterocycles. The molecule has 7 nitrogen and oxygen atoms in total. The van der Waals surface area contributed by atoms with Crippen LogP contribution < -0.4 is 15.4 Å². The lowest BCUT2D eigenvalue weighted by atomic mass is 10.1. The summed E-state index contributed by atoms with van der Waals surface area (Å²) in [5, 5.41) is 10.7. The second-order valence-corrected chi connectivity index (χ2v) is 6.78. The third-order valence-electron chi connectivity index (χ3n) is 4.70. The lowest BCUT2D eigenvalue weighted by molar-refractivity contribution is 0.0944. The highest BCUT2D eigenvalue weighted by Crippen LogP contribution is 2.19. The number of carbonyl (C=O) groups excluding carboxylic acids is 1. The second-order valence-electron chi connectivity index (χ2n) is 6.78. The minimum absolute atomic E-state index is 0. The van der Waals surface area contributed by atoms with E-state index in [4.69, 9.17) is 4.74 Å². The number of nitrogens with one attached hydrogen (secondary N) is 2. The standard InChI is InChI=1S/C21H23N5O2.ClH/c27-21(19-10-12-26(25-19)17-5-4-11-22-15-17)24-14-16-8-9-20(23-13-16)28-18-6-2-1-3-7-18;/h1-3,6-10,12-13,17,22H,4-5,11,14-15H2,(H,24,27);1H. The molecule has 0 bridgehead atoms. The van der Waals surface area contributed by atoms with Gasteiger partial charge in [0.25, 0.3) is 5.91 Å². The van der Waals surface area contributed by atoms with Crippen molar-refractivity contribution < 1.29 is 9.53 Å². The van der Waals surface area contributed by atoms with Crippen molar-refractivity contribution in [2.24, 2.45) is 0 Å². The zero-order chi connectivity index (χ0) is 19.2. The van der Waals surface area contributed by atoms with E-state index in [1.165, 1.54) is 0 Å². The van der Waals surface area contributed by atoms with Gasteiger partial charge < -0.3 is 15.4 Å². The number of aromatic nitrogens is 3. The second kappa shape index (κ2) is 10.0. The first-order valence-corrected chi connectivity index (χ1v) is 9.50. The summed E-state index contributed by atoms with van der Waals surface area (Å²) in [4.78, 5) is 16.7. The zero-order valence-corrected chi connectivity index (χ0v) is 16.8. The van der Waals surface area contributed by atoms with Gasteiger partial charge >= 0.3 is 0 Å². The summed E-state index contributed by atoms with van der Waals surface area (Å²) in [7, 11) is 0. The summed E-state index contributed by atoms with van der Waals surface area (Å²) >= 11 is 0. The topological polar surface area (TPSA) is 81.1 Å². The summed E-state index contributed by atoms with van der Waals surface area (Å²) in [5.41, 5.74) is 1.33. The third-order valence-corrected chi connectivity index (χ3v) is 4.70. The van der Waals surface area contributed by atoms with E-state index in [0.29, 0.717) is 24.2 Å². The Bertz CT molecular complexity index is 908. The Labute approximate surface area is 175 Å². The van der Waals surface area contributed by atoms with Crippen LogP contribution >= 0.6 is 12.4 Å². The molecule has 0 aliphatic carbocycles. The number of nitrogens with zero attached hydrogens (tertiary/aromatic N) is 3. The van der Waals surface area contributed by atoms with Gasteiger partial charge in [0.1, 0.15) is 11.4 Å². The summed E-state index contributed by atoms with van der Waals surface area (Å²) < 4.78 is 7.56. The van der Waals surface area contributed by atoms with Crippen LogP contribution in [-0.2, 0) is 6.54 Å². The summed E-state index contributed by atoms with van der Waals surface area (Å²) in [5.74, 6) is 1.06. The highest BCUT2D eigenvalue weighted by molar-refractivity contribution is 5.92. The van der Waals surface area contributed by atoms with Gasteiger partial charge in [0.15, 0.2) is 0 Å². The molecule has 152 valence electrons. The molecule has 1 aromatic carbocycles. The quantitative estimate of drug-likeness (QED) is 0.647. The van der Waals surface area contributed by atoms with Crippen molar-refractivity contribution in [2.75, 3.05) is 13.1 Å². The first-order chi connectivity index (χ1) is 13.8. The molecule has 4 rings (SSSR count). The maximum atomic E-state index is 12.4. The SMILES string of the molecule is Cl.O=C(NCc1ccc(Oc2ccccc2)nc1)c1ccn(C2CCCNC2)n1.